The van der Waals surface area contributed by atoms with E-state index in [1.165, 1.54) is 0 Å². The van der Waals surface area contributed by atoms with E-state index < -0.39 is 0 Å². The fourth-order valence-corrected chi connectivity index (χ4v) is 3.17. The molecule has 1 aromatic rings. The molecule has 1 atom stereocenters. The average Bonchev–Trinajstić information content (AvgIpc) is 2.55. The molecule has 2 N–H and O–H groups in total. The Balaban J connectivity index is 2.43. The standard InChI is InChI=1S/C17H28N2O3/c1-17(2,12-20)16(19-7-5-18-6-8-19)13-9-14(21-3)11-15(10-13)22-4/h9-11,16,18,20H,5-8,12H2,1-4H3/t16-/m1/s1. The van der Waals surface area contributed by atoms with Crippen molar-refractivity contribution in [2.45, 2.75) is 19.9 Å². The molecular weight excluding hydrogens is 280 g/mol. The normalized spacial score (nSPS) is 18.0. The van der Waals surface area contributed by atoms with Gasteiger partial charge in [0.15, 0.2) is 0 Å². The van der Waals surface area contributed by atoms with Crippen molar-refractivity contribution < 1.29 is 14.6 Å². The number of hydrogen-bond donors (Lipinski definition) is 2. The van der Waals surface area contributed by atoms with Gasteiger partial charge in [-0.1, -0.05) is 13.8 Å². The zero-order chi connectivity index (χ0) is 16.2. The van der Waals surface area contributed by atoms with Gasteiger partial charge in [-0.25, -0.2) is 0 Å². The lowest BCUT2D eigenvalue weighted by molar-refractivity contribution is 0.0303. The molecule has 0 bridgehead atoms. The Labute approximate surface area is 133 Å². The highest BCUT2D eigenvalue weighted by Gasteiger charge is 2.36. The highest BCUT2D eigenvalue weighted by Crippen LogP contribution is 2.40. The molecule has 5 nitrogen and oxygen atoms in total. The predicted octanol–water partition coefficient (Wildman–Crippen LogP) is 1.67. The minimum absolute atomic E-state index is 0.114. The third kappa shape index (κ3) is 3.72. The van der Waals surface area contributed by atoms with Crippen LogP contribution in [0.15, 0.2) is 18.2 Å². The summed E-state index contributed by atoms with van der Waals surface area (Å²) in [5.41, 5.74) is 0.867. The number of ether oxygens (including phenoxy) is 2. The van der Waals surface area contributed by atoms with Crippen molar-refractivity contribution in [2.24, 2.45) is 5.41 Å². The van der Waals surface area contributed by atoms with Gasteiger partial charge in [-0.2, -0.15) is 0 Å². The van der Waals surface area contributed by atoms with E-state index in [1.54, 1.807) is 14.2 Å². The molecule has 0 saturated carbocycles. The second-order valence-corrected chi connectivity index (χ2v) is 6.48. The van der Waals surface area contributed by atoms with Crippen molar-refractivity contribution in [3.63, 3.8) is 0 Å². The fourth-order valence-electron chi connectivity index (χ4n) is 3.17. The van der Waals surface area contributed by atoms with Crippen LogP contribution in [-0.4, -0.2) is 57.0 Å². The quantitative estimate of drug-likeness (QED) is 0.837. The highest BCUT2D eigenvalue weighted by atomic mass is 16.5. The van der Waals surface area contributed by atoms with Gasteiger partial charge in [-0.05, 0) is 17.7 Å². The van der Waals surface area contributed by atoms with E-state index in [4.69, 9.17) is 9.47 Å². The van der Waals surface area contributed by atoms with Crippen molar-refractivity contribution in [1.29, 1.82) is 0 Å². The Morgan fingerprint density at radius 3 is 2.14 bits per heavy atom. The number of nitrogens with zero attached hydrogens (tertiary/aromatic N) is 1. The Hall–Kier alpha value is -1.30. The van der Waals surface area contributed by atoms with E-state index in [0.717, 1.165) is 43.2 Å². The number of piperazine rings is 1. The molecule has 1 heterocycles. The van der Waals surface area contributed by atoms with Gasteiger partial charge in [0.1, 0.15) is 11.5 Å². The summed E-state index contributed by atoms with van der Waals surface area (Å²) in [7, 11) is 3.32. The van der Waals surface area contributed by atoms with Gasteiger partial charge in [-0.15, -0.1) is 0 Å². The molecule has 0 spiro atoms. The Bertz CT molecular complexity index is 463. The summed E-state index contributed by atoms with van der Waals surface area (Å²) in [6.45, 7) is 8.21. The molecule has 1 fully saturated rings. The molecule has 1 aromatic carbocycles. The maximum absolute atomic E-state index is 9.90. The lowest BCUT2D eigenvalue weighted by Crippen LogP contribution is -2.49. The number of aliphatic hydroxyl groups is 1. The molecule has 0 aromatic heterocycles. The lowest BCUT2D eigenvalue weighted by Gasteiger charge is -2.43. The van der Waals surface area contributed by atoms with Crippen molar-refractivity contribution in [3.05, 3.63) is 23.8 Å². The molecule has 124 valence electrons. The van der Waals surface area contributed by atoms with E-state index in [2.05, 4.69) is 24.1 Å². The van der Waals surface area contributed by atoms with Crippen LogP contribution in [-0.2, 0) is 0 Å². The van der Waals surface area contributed by atoms with Gasteiger partial charge >= 0.3 is 0 Å². The zero-order valence-corrected chi connectivity index (χ0v) is 14.1. The molecule has 22 heavy (non-hydrogen) atoms. The summed E-state index contributed by atoms with van der Waals surface area (Å²) in [5.74, 6) is 1.56. The maximum atomic E-state index is 9.90. The van der Waals surface area contributed by atoms with Gasteiger partial charge < -0.3 is 19.9 Å². The fraction of sp³-hybridized carbons (Fsp3) is 0.647. The van der Waals surface area contributed by atoms with Crippen LogP contribution in [0.3, 0.4) is 0 Å². The summed E-state index contributed by atoms with van der Waals surface area (Å²) in [6.07, 6.45) is 0. The third-order valence-electron chi connectivity index (χ3n) is 4.35. The monoisotopic (exact) mass is 308 g/mol. The lowest BCUT2D eigenvalue weighted by atomic mass is 9.79. The van der Waals surface area contributed by atoms with E-state index in [0.29, 0.717) is 0 Å². The number of hydrogen-bond acceptors (Lipinski definition) is 5. The zero-order valence-electron chi connectivity index (χ0n) is 14.1. The van der Waals surface area contributed by atoms with Crippen molar-refractivity contribution in [1.82, 2.24) is 10.2 Å². The smallest absolute Gasteiger partial charge is 0.122 e. The summed E-state index contributed by atoms with van der Waals surface area (Å²) in [6, 6.07) is 6.09. The second kappa shape index (κ2) is 7.31. The van der Waals surface area contributed by atoms with E-state index in [9.17, 15) is 5.11 Å². The van der Waals surface area contributed by atoms with Crippen molar-refractivity contribution in [3.8, 4) is 11.5 Å². The number of aliphatic hydroxyl groups excluding tert-OH is 1. The molecule has 0 amide bonds. The van der Waals surface area contributed by atoms with Crippen LogP contribution >= 0.6 is 0 Å². The SMILES string of the molecule is COc1cc(OC)cc([C@@H](N2CCNCC2)C(C)(C)CO)c1. The van der Waals surface area contributed by atoms with E-state index in [-0.39, 0.29) is 18.1 Å². The molecule has 0 radical (unpaired) electrons. The first-order valence-corrected chi connectivity index (χ1v) is 7.80. The average molecular weight is 308 g/mol. The summed E-state index contributed by atoms with van der Waals surface area (Å²) >= 11 is 0. The highest BCUT2D eigenvalue weighted by molar-refractivity contribution is 5.40. The van der Waals surface area contributed by atoms with Gasteiger partial charge in [0.2, 0.25) is 0 Å². The van der Waals surface area contributed by atoms with Crippen LogP contribution in [0.2, 0.25) is 0 Å². The second-order valence-electron chi connectivity index (χ2n) is 6.48. The minimum Gasteiger partial charge on any atom is -0.497 e. The van der Waals surface area contributed by atoms with Gasteiger partial charge in [0, 0.05) is 50.3 Å². The van der Waals surface area contributed by atoms with Crippen LogP contribution in [0.4, 0.5) is 0 Å². The van der Waals surface area contributed by atoms with E-state index >= 15 is 0 Å². The number of benzene rings is 1. The Morgan fingerprint density at radius 1 is 1.14 bits per heavy atom. The van der Waals surface area contributed by atoms with Crippen LogP contribution in [0.25, 0.3) is 0 Å². The maximum Gasteiger partial charge on any atom is 0.122 e. The molecule has 2 rings (SSSR count). The van der Waals surface area contributed by atoms with Crippen LogP contribution in [0.5, 0.6) is 11.5 Å². The van der Waals surface area contributed by atoms with Crippen molar-refractivity contribution >= 4 is 0 Å². The summed E-state index contributed by atoms with van der Waals surface area (Å²) in [5, 5.41) is 13.3. The number of rotatable bonds is 6. The van der Waals surface area contributed by atoms with Gasteiger partial charge in [-0.3, -0.25) is 4.90 Å². The van der Waals surface area contributed by atoms with Gasteiger partial charge in [0.05, 0.1) is 14.2 Å². The van der Waals surface area contributed by atoms with Crippen LogP contribution in [0.1, 0.15) is 25.5 Å². The first kappa shape index (κ1) is 17.1. The molecule has 1 aliphatic heterocycles. The molecular formula is C17H28N2O3. The van der Waals surface area contributed by atoms with Gasteiger partial charge in [0.25, 0.3) is 0 Å². The molecule has 0 aliphatic carbocycles. The molecule has 1 aliphatic rings. The van der Waals surface area contributed by atoms with Crippen LogP contribution in [0, 0.1) is 5.41 Å². The van der Waals surface area contributed by atoms with E-state index in [1.807, 2.05) is 18.2 Å². The first-order valence-electron chi connectivity index (χ1n) is 7.80. The third-order valence-corrected chi connectivity index (χ3v) is 4.35. The largest absolute Gasteiger partial charge is 0.497 e. The van der Waals surface area contributed by atoms with Crippen molar-refractivity contribution in [2.75, 3.05) is 47.0 Å². The number of methoxy groups -OCH3 is 2. The topological polar surface area (TPSA) is 54.0 Å². The molecule has 1 saturated heterocycles. The Morgan fingerprint density at radius 2 is 1.68 bits per heavy atom. The van der Waals surface area contributed by atoms with Crippen LogP contribution < -0.4 is 14.8 Å². The predicted molar refractivity (Wildman–Crippen MR) is 87.6 cm³/mol. The molecule has 0 unspecified atom stereocenters. The minimum atomic E-state index is -0.255. The molecule has 5 heteroatoms. The summed E-state index contributed by atoms with van der Waals surface area (Å²) in [4.78, 5) is 2.43. The Kier molecular flexibility index (Phi) is 5.67. The summed E-state index contributed by atoms with van der Waals surface area (Å²) < 4.78 is 10.8. The first-order chi connectivity index (χ1) is 10.5. The number of nitrogens with one attached hydrogen (secondary N) is 1.